The minimum atomic E-state index is -0.725. The number of aromatic nitrogens is 3. The molecule has 2 aromatic rings. The van der Waals surface area contributed by atoms with E-state index in [1.54, 1.807) is 0 Å². The first-order valence-electron chi connectivity index (χ1n) is 5.23. The summed E-state index contributed by atoms with van der Waals surface area (Å²) in [5.74, 6) is -1.09. The maximum atomic E-state index is 12.7. The summed E-state index contributed by atoms with van der Waals surface area (Å²) in [6.45, 7) is 0. The lowest BCUT2D eigenvalue weighted by atomic mass is 10.2. The van der Waals surface area contributed by atoms with Gasteiger partial charge in [0.25, 0.3) is 0 Å². The van der Waals surface area contributed by atoms with Crippen LogP contribution in [0.5, 0.6) is 0 Å². The van der Waals surface area contributed by atoms with Gasteiger partial charge in [-0.15, -0.1) is 4.79 Å². The minimum Gasteiger partial charge on any atom is -0.857 e. The van der Waals surface area contributed by atoms with E-state index in [-0.39, 0.29) is 11.5 Å². The summed E-state index contributed by atoms with van der Waals surface area (Å²) < 4.78 is 12.7. The maximum absolute atomic E-state index is 12.7. The first kappa shape index (κ1) is 12.7. The van der Waals surface area contributed by atoms with Crippen LogP contribution in [0.3, 0.4) is 0 Å². The van der Waals surface area contributed by atoms with Gasteiger partial charge in [0.15, 0.2) is 5.69 Å². The maximum Gasteiger partial charge on any atom is 0.316 e. The van der Waals surface area contributed by atoms with E-state index < -0.39 is 11.5 Å². The van der Waals surface area contributed by atoms with Gasteiger partial charge in [-0.05, 0) is 17.7 Å². The van der Waals surface area contributed by atoms with E-state index in [2.05, 4.69) is 20.4 Å². The van der Waals surface area contributed by atoms with E-state index in [9.17, 15) is 14.3 Å². The number of rotatable bonds is 3. The van der Waals surface area contributed by atoms with Crippen molar-refractivity contribution in [3.63, 3.8) is 0 Å². The molecule has 2 rings (SSSR count). The quantitative estimate of drug-likeness (QED) is 0.586. The fourth-order valence-electron chi connectivity index (χ4n) is 1.29. The summed E-state index contributed by atoms with van der Waals surface area (Å²) in [4.78, 5) is 15.8. The number of hydrogen-bond donors (Lipinski definition) is 1. The summed E-state index contributed by atoms with van der Waals surface area (Å²) in [6.07, 6.45) is 1.33. The molecule has 1 N–H and O–H groups in total. The number of aliphatic imine (C=N–C) groups is 1. The molecule has 0 saturated heterocycles. The highest BCUT2D eigenvalue weighted by Gasteiger charge is 2.06. The van der Waals surface area contributed by atoms with Gasteiger partial charge in [0.05, 0.1) is 6.21 Å². The van der Waals surface area contributed by atoms with Crippen molar-refractivity contribution in [2.75, 3.05) is 7.05 Å². The van der Waals surface area contributed by atoms with Crippen molar-refractivity contribution in [3.8, 4) is 0 Å². The van der Waals surface area contributed by atoms with Crippen molar-refractivity contribution in [1.82, 2.24) is 15.1 Å². The van der Waals surface area contributed by atoms with Crippen LogP contribution in [0.15, 0.2) is 39.2 Å². The third-order valence-corrected chi connectivity index (χ3v) is 2.25. The topological polar surface area (TPSA) is 98.5 Å². The monoisotopic (exact) mass is 262 g/mol. The van der Waals surface area contributed by atoms with Gasteiger partial charge in [-0.25, -0.2) is 4.39 Å². The van der Waals surface area contributed by atoms with Crippen LogP contribution in [0.25, 0.3) is 0 Å². The van der Waals surface area contributed by atoms with Crippen LogP contribution in [0.4, 0.5) is 4.39 Å². The molecule has 0 bridgehead atoms. The fourth-order valence-corrected chi connectivity index (χ4v) is 1.29. The predicted molar refractivity (Wildman–Crippen MR) is 64.7 cm³/mol. The van der Waals surface area contributed by atoms with Crippen LogP contribution in [-0.2, 0) is 0 Å². The van der Waals surface area contributed by atoms with Crippen molar-refractivity contribution >= 4 is 12.1 Å². The molecule has 0 aliphatic rings. The molecule has 0 aliphatic heterocycles. The first-order chi connectivity index (χ1) is 9.11. The fraction of sp³-hybridized carbons (Fsp3) is 0.0909. The van der Waals surface area contributed by atoms with Crippen LogP contribution >= 0.6 is 0 Å². The first-order valence-corrected chi connectivity index (χ1v) is 5.23. The molecule has 0 aliphatic carbocycles. The van der Waals surface area contributed by atoms with Crippen LogP contribution in [0.1, 0.15) is 11.3 Å². The van der Waals surface area contributed by atoms with Crippen LogP contribution < -0.4 is 10.7 Å². The lowest BCUT2D eigenvalue weighted by molar-refractivity contribution is -0.213. The molecule has 1 aromatic heterocycles. The molecule has 0 spiro atoms. The molecular weight excluding hydrogens is 253 g/mol. The van der Waals surface area contributed by atoms with Crippen molar-refractivity contribution in [2.24, 2.45) is 10.1 Å². The molecule has 7 nitrogen and oxygen atoms in total. The zero-order valence-electron chi connectivity index (χ0n) is 9.87. The van der Waals surface area contributed by atoms with E-state index in [4.69, 9.17) is 0 Å². The van der Waals surface area contributed by atoms with Gasteiger partial charge >= 0.3 is 5.56 Å². The summed E-state index contributed by atoms with van der Waals surface area (Å²) in [5, 5.41) is 20.8. The highest BCUT2D eigenvalue weighted by molar-refractivity contribution is 5.87. The Morgan fingerprint density at radius 1 is 1.47 bits per heavy atom. The van der Waals surface area contributed by atoms with E-state index >= 15 is 0 Å². The lowest BCUT2D eigenvalue weighted by Gasteiger charge is -2.01. The summed E-state index contributed by atoms with van der Waals surface area (Å²) in [6, 6.07) is 5.52. The Morgan fingerprint density at radius 2 is 2.16 bits per heavy atom. The van der Waals surface area contributed by atoms with Crippen molar-refractivity contribution in [1.29, 1.82) is 0 Å². The standard InChI is InChI=1S/C11H10FN5O2/c1-13-10(18)9-11(19)17(16-15-9)14-6-7-2-4-8(12)5-3-7/h2-6,16H,1H3,(H,13,18)/p-1. The van der Waals surface area contributed by atoms with E-state index in [1.165, 1.54) is 37.5 Å². The number of nitrogens with one attached hydrogen (secondary N) is 1. The average molecular weight is 262 g/mol. The van der Waals surface area contributed by atoms with Crippen LogP contribution in [0.2, 0.25) is 0 Å². The SMILES string of the molecule is CN=C([O-])c1n[nH]n(N=Cc2ccc(F)cc2)c1=O. The van der Waals surface area contributed by atoms with Gasteiger partial charge in [-0.3, -0.25) is 4.79 Å². The minimum absolute atomic E-state index is 0.334. The van der Waals surface area contributed by atoms with Crippen molar-refractivity contribution < 1.29 is 9.50 Å². The Labute approximate surface area is 106 Å². The second-order valence-corrected chi connectivity index (χ2v) is 3.50. The van der Waals surface area contributed by atoms with E-state index in [1.807, 2.05) is 0 Å². The molecule has 8 heteroatoms. The lowest BCUT2D eigenvalue weighted by Crippen LogP contribution is -2.27. The Kier molecular flexibility index (Phi) is 3.51. The van der Waals surface area contributed by atoms with Gasteiger partial charge in [0.1, 0.15) is 5.82 Å². The third kappa shape index (κ3) is 2.73. The highest BCUT2D eigenvalue weighted by atomic mass is 19.1. The number of aromatic amines is 1. The van der Waals surface area contributed by atoms with Crippen molar-refractivity contribution in [3.05, 3.63) is 51.7 Å². The van der Waals surface area contributed by atoms with Gasteiger partial charge in [0.2, 0.25) is 0 Å². The number of H-pyrrole nitrogens is 1. The molecule has 0 amide bonds. The Morgan fingerprint density at radius 3 is 2.79 bits per heavy atom. The van der Waals surface area contributed by atoms with Crippen molar-refractivity contribution in [2.45, 2.75) is 0 Å². The summed E-state index contributed by atoms with van der Waals surface area (Å²) >= 11 is 0. The molecule has 19 heavy (non-hydrogen) atoms. The smallest absolute Gasteiger partial charge is 0.316 e. The largest absolute Gasteiger partial charge is 0.857 e. The number of benzene rings is 1. The molecule has 0 atom stereocenters. The Balaban J connectivity index is 2.27. The second kappa shape index (κ2) is 5.25. The van der Waals surface area contributed by atoms with Crippen LogP contribution in [-0.4, -0.2) is 34.3 Å². The molecule has 98 valence electrons. The number of nitrogens with zero attached hydrogens (tertiary/aromatic N) is 4. The number of hydrogen-bond acceptors (Lipinski definition) is 5. The predicted octanol–water partition coefficient (Wildman–Crippen LogP) is -0.671. The Bertz CT molecular complexity index is 684. The van der Waals surface area contributed by atoms with Gasteiger partial charge < -0.3 is 10.1 Å². The highest BCUT2D eigenvalue weighted by Crippen LogP contribution is 1.99. The third-order valence-electron chi connectivity index (χ3n) is 2.25. The average Bonchev–Trinajstić information content (AvgIpc) is 2.79. The Hall–Kier alpha value is -2.77. The van der Waals surface area contributed by atoms with Gasteiger partial charge in [0, 0.05) is 12.9 Å². The molecular formula is C11H9FN5O2-. The zero-order valence-corrected chi connectivity index (χ0v) is 9.87. The normalized spacial score (nSPS) is 12.2. The molecule has 0 unspecified atom stereocenters. The van der Waals surface area contributed by atoms with Gasteiger partial charge in [-0.2, -0.15) is 15.4 Å². The zero-order chi connectivity index (χ0) is 13.8. The van der Waals surface area contributed by atoms with Gasteiger partial charge in [-0.1, -0.05) is 12.1 Å². The summed E-state index contributed by atoms with van der Waals surface area (Å²) in [5.41, 5.74) is -0.441. The van der Waals surface area contributed by atoms with Crippen LogP contribution in [0, 0.1) is 5.82 Å². The van der Waals surface area contributed by atoms with E-state index in [0.29, 0.717) is 5.56 Å². The number of halogens is 1. The molecule has 1 heterocycles. The van der Waals surface area contributed by atoms with E-state index in [0.717, 1.165) is 4.79 Å². The molecule has 0 radical (unpaired) electrons. The summed E-state index contributed by atoms with van der Waals surface area (Å²) in [7, 11) is 1.27. The molecule has 1 aromatic carbocycles. The molecule has 0 fully saturated rings. The molecule has 0 saturated carbocycles. The second-order valence-electron chi connectivity index (χ2n) is 3.50.